The number of carbonyl (C=O) groups excluding carboxylic acids is 1. The second-order valence-corrected chi connectivity index (χ2v) is 9.43. The third-order valence-electron chi connectivity index (χ3n) is 5.96. The van der Waals surface area contributed by atoms with Gasteiger partial charge in [-0.1, -0.05) is 12.1 Å². The van der Waals surface area contributed by atoms with Crippen molar-refractivity contribution in [1.29, 1.82) is 0 Å². The quantitative estimate of drug-likeness (QED) is 0.218. The molecule has 1 amide bonds. The predicted octanol–water partition coefficient (Wildman–Crippen LogP) is 6.00. The summed E-state index contributed by atoms with van der Waals surface area (Å²) in [5.41, 5.74) is 5.27. The molecule has 0 bridgehead atoms. The van der Waals surface area contributed by atoms with Crippen LogP contribution in [0, 0.1) is 0 Å². The van der Waals surface area contributed by atoms with Gasteiger partial charge in [0.25, 0.3) is 0 Å². The van der Waals surface area contributed by atoms with Gasteiger partial charge in [-0.3, -0.25) is 4.79 Å². The molecule has 0 saturated heterocycles. The summed E-state index contributed by atoms with van der Waals surface area (Å²) in [6, 6.07) is 12.9. The number of hydrogen-bond donors (Lipinski definition) is 3. The number of fused-ring (bicyclic) bond motifs is 1. The molecule has 0 aliphatic carbocycles. The third-order valence-corrected chi connectivity index (χ3v) is 5.96. The number of primary amides is 1. The number of anilines is 2. The standard InChI is InChI=1S/C29H27F3N4O4/c1-28(2,38)22-14-20(40-19-8-5-7-18(13-19)29(30,31)32)10-11-23(22)36-27-21-12-17(6-4-9-26(33)37)25(39-3)15-24(21)34-16-35-27/h4-5,7-16,38H,6H2,1-3H3,(H2,33,37)(H,34,35,36). The highest BCUT2D eigenvalue weighted by atomic mass is 19.4. The van der Waals surface area contributed by atoms with E-state index in [-0.39, 0.29) is 11.5 Å². The minimum absolute atomic E-state index is 0.00545. The molecule has 8 nitrogen and oxygen atoms in total. The van der Waals surface area contributed by atoms with Crippen molar-refractivity contribution in [3.63, 3.8) is 0 Å². The average molecular weight is 553 g/mol. The number of carbonyl (C=O) groups is 1. The number of nitrogens with two attached hydrogens (primary N) is 1. The topological polar surface area (TPSA) is 120 Å². The number of amides is 1. The molecule has 0 aliphatic rings. The lowest BCUT2D eigenvalue weighted by atomic mass is 9.96. The van der Waals surface area contributed by atoms with Crippen LogP contribution in [0.2, 0.25) is 0 Å². The number of methoxy groups -OCH3 is 1. The number of nitrogens with zero attached hydrogens (tertiary/aromatic N) is 2. The van der Waals surface area contributed by atoms with E-state index < -0.39 is 23.2 Å². The molecule has 0 atom stereocenters. The van der Waals surface area contributed by atoms with E-state index in [0.717, 1.165) is 17.7 Å². The number of aromatic nitrogens is 2. The zero-order valence-electron chi connectivity index (χ0n) is 21.9. The van der Waals surface area contributed by atoms with Crippen LogP contribution >= 0.6 is 0 Å². The maximum absolute atomic E-state index is 13.1. The first-order valence-electron chi connectivity index (χ1n) is 12.1. The minimum atomic E-state index is -4.51. The van der Waals surface area contributed by atoms with Crippen molar-refractivity contribution in [1.82, 2.24) is 9.97 Å². The lowest BCUT2D eigenvalue weighted by molar-refractivity contribution is -0.137. The highest BCUT2D eigenvalue weighted by molar-refractivity contribution is 5.92. The van der Waals surface area contributed by atoms with Crippen molar-refractivity contribution in [3.05, 3.63) is 89.8 Å². The van der Waals surface area contributed by atoms with E-state index in [4.69, 9.17) is 15.2 Å². The molecule has 4 rings (SSSR count). The van der Waals surface area contributed by atoms with Gasteiger partial charge < -0.3 is 25.6 Å². The van der Waals surface area contributed by atoms with Gasteiger partial charge in [0.15, 0.2) is 0 Å². The lowest BCUT2D eigenvalue weighted by Crippen LogP contribution is -2.18. The molecule has 0 fully saturated rings. The van der Waals surface area contributed by atoms with Gasteiger partial charge in [0.1, 0.15) is 29.4 Å². The summed E-state index contributed by atoms with van der Waals surface area (Å²) < 4.78 is 50.6. The van der Waals surface area contributed by atoms with Gasteiger partial charge in [0.2, 0.25) is 5.91 Å². The highest BCUT2D eigenvalue weighted by Crippen LogP contribution is 2.37. The van der Waals surface area contributed by atoms with Gasteiger partial charge in [-0.05, 0) is 74.4 Å². The van der Waals surface area contributed by atoms with Crippen LogP contribution in [0.1, 0.15) is 30.5 Å². The summed E-state index contributed by atoms with van der Waals surface area (Å²) >= 11 is 0. The number of allylic oxidation sites excluding steroid dienone is 1. The first-order valence-corrected chi connectivity index (χ1v) is 12.1. The Labute approximate surface area is 228 Å². The second-order valence-electron chi connectivity index (χ2n) is 9.43. The molecular weight excluding hydrogens is 525 g/mol. The highest BCUT2D eigenvalue weighted by Gasteiger charge is 2.30. The largest absolute Gasteiger partial charge is 0.496 e. The SMILES string of the molecule is COc1cc2ncnc(Nc3ccc(Oc4cccc(C(F)(F)F)c4)cc3C(C)(C)O)c2cc1CC=CC(N)=O. The molecule has 3 aromatic carbocycles. The summed E-state index contributed by atoms with van der Waals surface area (Å²) in [5, 5.41) is 14.8. The number of alkyl halides is 3. The Morgan fingerprint density at radius 1 is 1.07 bits per heavy atom. The number of ether oxygens (including phenoxy) is 2. The Kier molecular flexibility index (Phi) is 7.96. The van der Waals surface area contributed by atoms with E-state index in [1.807, 2.05) is 6.07 Å². The van der Waals surface area contributed by atoms with E-state index >= 15 is 0 Å². The number of aliphatic hydroxyl groups is 1. The molecule has 0 spiro atoms. The number of hydrogen-bond acceptors (Lipinski definition) is 7. The van der Waals surface area contributed by atoms with Gasteiger partial charge in [-0.15, -0.1) is 0 Å². The second kappa shape index (κ2) is 11.2. The molecule has 0 radical (unpaired) electrons. The normalized spacial score (nSPS) is 12.1. The smallest absolute Gasteiger partial charge is 0.416 e. The van der Waals surface area contributed by atoms with E-state index in [9.17, 15) is 23.1 Å². The molecule has 4 N–H and O–H groups in total. The van der Waals surface area contributed by atoms with Crippen molar-refractivity contribution in [2.75, 3.05) is 12.4 Å². The zero-order valence-corrected chi connectivity index (χ0v) is 21.9. The Balaban J connectivity index is 1.71. The maximum atomic E-state index is 13.1. The number of halogens is 3. The van der Waals surface area contributed by atoms with Crippen molar-refractivity contribution >= 4 is 28.3 Å². The first-order chi connectivity index (χ1) is 18.8. The van der Waals surface area contributed by atoms with Crippen molar-refractivity contribution in [3.8, 4) is 17.2 Å². The molecule has 40 heavy (non-hydrogen) atoms. The van der Waals surface area contributed by atoms with Crippen LogP contribution in [0.4, 0.5) is 24.7 Å². The summed E-state index contributed by atoms with van der Waals surface area (Å²) in [5.74, 6) is 0.683. The van der Waals surface area contributed by atoms with Crippen LogP contribution in [0.25, 0.3) is 10.9 Å². The maximum Gasteiger partial charge on any atom is 0.416 e. The first kappa shape index (κ1) is 28.4. The van der Waals surface area contributed by atoms with Crippen LogP contribution in [-0.2, 0) is 23.0 Å². The third kappa shape index (κ3) is 6.67. The van der Waals surface area contributed by atoms with Crippen LogP contribution in [-0.4, -0.2) is 28.1 Å². The summed E-state index contributed by atoms with van der Waals surface area (Å²) in [7, 11) is 1.53. The van der Waals surface area contributed by atoms with Gasteiger partial charge in [0, 0.05) is 22.7 Å². The zero-order chi connectivity index (χ0) is 29.1. The molecular formula is C29H27F3N4O4. The average Bonchev–Trinajstić information content (AvgIpc) is 2.88. The minimum Gasteiger partial charge on any atom is -0.496 e. The molecule has 1 aromatic heterocycles. The summed E-state index contributed by atoms with van der Waals surface area (Å²) in [4.78, 5) is 19.8. The number of benzene rings is 3. The van der Waals surface area contributed by atoms with Crippen LogP contribution in [0.5, 0.6) is 17.2 Å². The van der Waals surface area contributed by atoms with E-state index in [0.29, 0.717) is 40.1 Å². The van der Waals surface area contributed by atoms with E-state index in [1.165, 1.54) is 31.6 Å². The molecule has 1 heterocycles. The lowest BCUT2D eigenvalue weighted by Gasteiger charge is -2.23. The van der Waals surface area contributed by atoms with Gasteiger partial charge in [0.05, 0.1) is 23.8 Å². The van der Waals surface area contributed by atoms with Gasteiger partial charge in [-0.25, -0.2) is 9.97 Å². The van der Waals surface area contributed by atoms with Crippen molar-refractivity contribution in [2.24, 2.45) is 5.73 Å². The summed E-state index contributed by atoms with van der Waals surface area (Å²) in [6.07, 6.45) is 0.133. The molecule has 0 saturated carbocycles. The molecule has 4 aromatic rings. The Bertz CT molecular complexity index is 1580. The molecule has 11 heteroatoms. The number of rotatable bonds is 9. The van der Waals surface area contributed by atoms with Gasteiger partial charge >= 0.3 is 6.18 Å². The van der Waals surface area contributed by atoms with Crippen LogP contribution in [0.3, 0.4) is 0 Å². The fourth-order valence-corrected chi connectivity index (χ4v) is 4.08. The molecule has 208 valence electrons. The van der Waals surface area contributed by atoms with Crippen molar-refractivity contribution < 1.29 is 32.5 Å². The van der Waals surface area contributed by atoms with Gasteiger partial charge in [-0.2, -0.15) is 13.2 Å². The Morgan fingerprint density at radius 3 is 2.50 bits per heavy atom. The molecule has 0 unspecified atom stereocenters. The van der Waals surface area contributed by atoms with Crippen LogP contribution < -0.4 is 20.5 Å². The van der Waals surface area contributed by atoms with Crippen molar-refractivity contribution in [2.45, 2.75) is 32.0 Å². The predicted molar refractivity (Wildman–Crippen MR) is 145 cm³/mol. The van der Waals surface area contributed by atoms with Crippen LogP contribution in [0.15, 0.2) is 73.1 Å². The molecule has 0 aliphatic heterocycles. The Morgan fingerprint density at radius 2 is 1.82 bits per heavy atom. The summed E-state index contributed by atoms with van der Waals surface area (Å²) in [6.45, 7) is 3.15. The van der Waals surface area contributed by atoms with E-state index in [1.54, 1.807) is 44.2 Å². The Hall–Kier alpha value is -4.64. The van der Waals surface area contributed by atoms with E-state index in [2.05, 4.69) is 15.3 Å². The number of nitrogens with one attached hydrogen (secondary N) is 1. The fraction of sp³-hybridized carbons (Fsp3) is 0.207. The fourth-order valence-electron chi connectivity index (χ4n) is 4.08. The monoisotopic (exact) mass is 552 g/mol.